The molecule has 2 aromatic carbocycles. The lowest BCUT2D eigenvalue weighted by Crippen LogP contribution is -2.39. The van der Waals surface area contributed by atoms with Crippen LogP contribution in [0.4, 0.5) is 4.79 Å². The molecule has 0 spiro atoms. The number of amides is 1. The highest BCUT2D eigenvalue weighted by Crippen LogP contribution is 2.58. The molecule has 1 heterocycles. The largest absolute Gasteiger partial charge is 0.444 e. The predicted octanol–water partition coefficient (Wildman–Crippen LogP) is 7.42. The number of ether oxygens (including phenoxy) is 1. The summed E-state index contributed by atoms with van der Waals surface area (Å²) in [6, 6.07) is 18.9. The van der Waals surface area contributed by atoms with Crippen molar-refractivity contribution in [3.05, 3.63) is 82.0 Å². The Kier molecular flexibility index (Phi) is 8.34. The number of carbonyl (C=O) groups excluding carboxylic acids is 1. The van der Waals surface area contributed by atoms with Crippen molar-refractivity contribution in [1.82, 2.24) is 5.32 Å². The quantitative estimate of drug-likeness (QED) is 0.223. The highest BCUT2D eigenvalue weighted by molar-refractivity contribution is 7.54. The van der Waals surface area contributed by atoms with Crippen LogP contribution in [0.3, 0.4) is 0 Å². The van der Waals surface area contributed by atoms with Crippen LogP contribution in [0.5, 0.6) is 0 Å². The number of alkyl carbamates (subject to hydrolysis) is 1. The van der Waals surface area contributed by atoms with E-state index in [-0.39, 0.29) is 13.2 Å². The molecule has 1 aromatic heterocycles. The Morgan fingerprint density at radius 1 is 0.919 bits per heavy atom. The Morgan fingerprint density at radius 3 is 1.92 bits per heavy atom. The van der Waals surface area contributed by atoms with Gasteiger partial charge in [0.25, 0.3) is 0 Å². The van der Waals surface area contributed by atoms with Crippen molar-refractivity contribution in [2.45, 2.75) is 52.0 Å². The van der Waals surface area contributed by atoms with Crippen molar-refractivity contribution in [3.63, 3.8) is 0 Å². The van der Waals surface area contributed by atoms with Crippen molar-refractivity contribution in [1.29, 1.82) is 0 Å². The molecule has 7 nitrogen and oxygen atoms in total. The molecule has 9 heteroatoms. The summed E-state index contributed by atoms with van der Waals surface area (Å²) in [5.74, 6) is -1.06. The molecule has 2 atom stereocenters. The van der Waals surface area contributed by atoms with E-state index in [1.165, 1.54) is 11.3 Å². The smallest absolute Gasteiger partial charge is 0.408 e. The first kappa shape index (κ1) is 27.3. The normalized spacial score (nSPS) is 14.5. The Morgan fingerprint density at radius 2 is 1.46 bits per heavy atom. The number of thiophene rings is 1. The van der Waals surface area contributed by atoms with E-state index >= 15 is 0 Å². The van der Waals surface area contributed by atoms with Crippen LogP contribution >= 0.6 is 18.9 Å². The van der Waals surface area contributed by atoms with Crippen LogP contribution in [0, 0.1) is 0 Å². The van der Waals surface area contributed by atoms with Gasteiger partial charge in [-0.1, -0.05) is 54.6 Å². The minimum absolute atomic E-state index is 0.162. The average molecular weight is 541 g/mol. The molecule has 1 aliphatic carbocycles. The molecule has 3 aromatic rings. The van der Waals surface area contributed by atoms with Crippen LogP contribution in [-0.2, 0) is 18.3 Å². The van der Waals surface area contributed by atoms with E-state index in [1.807, 2.05) is 66.0 Å². The fourth-order valence-corrected chi connectivity index (χ4v) is 7.20. The van der Waals surface area contributed by atoms with Gasteiger partial charge in [-0.2, -0.15) is 0 Å². The zero-order chi connectivity index (χ0) is 26.6. The Bertz CT molecular complexity index is 1260. The summed E-state index contributed by atoms with van der Waals surface area (Å²) in [6.45, 7) is 9.23. The molecule has 0 aliphatic heterocycles. The maximum absolute atomic E-state index is 14.4. The highest BCUT2D eigenvalue weighted by atomic mass is 32.1. The molecule has 37 heavy (non-hydrogen) atoms. The first-order valence-electron chi connectivity index (χ1n) is 12.4. The lowest BCUT2D eigenvalue weighted by Gasteiger charge is -2.31. The minimum atomic E-state index is -3.86. The molecule has 1 N–H and O–H groups in total. The molecule has 0 bridgehead atoms. The highest BCUT2D eigenvalue weighted by Gasteiger charge is 2.45. The minimum Gasteiger partial charge on any atom is -0.444 e. The van der Waals surface area contributed by atoms with Gasteiger partial charge in [-0.3, -0.25) is 9.56 Å². The lowest BCUT2D eigenvalue weighted by molar-refractivity contribution is 0.0501. The number of rotatable bonds is 9. The molecule has 0 unspecified atom stereocenters. The Labute approximate surface area is 222 Å². The number of aliphatic imine (C=N–C) groups is 1. The summed E-state index contributed by atoms with van der Waals surface area (Å²) in [7, 11) is -3.86. The topological polar surface area (TPSA) is 86.2 Å². The number of hydrogen-bond acceptors (Lipinski definition) is 7. The Balaban J connectivity index is 1.91. The van der Waals surface area contributed by atoms with E-state index in [0.29, 0.717) is 5.71 Å². The van der Waals surface area contributed by atoms with Crippen LogP contribution in [0.1, 0.15) is 56.7 Å². The second-order valence-corrected chi connectivity index (χ2v) is 12.6. The van der Waals surface area contributed by atoms with Gasteiger partial charge in [0.05, 0.1) is 18.9 Å². The molecule has 196 valence electrons. The standard InChI is InChI=1S/C28H33N2O5PS/c1-6-33-36(32,34-7-2)26(25(23-17-12-18-37-23)30-27(31)35-28(3,4)5)29-24-21-15-10-8-13-19(21)20-14-9-11-16-22(20)24/h8-18,25-26H,6-7H2,1-5H3,(H,30,31)/t25-,26-/m1/s1. The third kappa shape index (κ3) is 6.04. The zero-order valence-corrected chi connectivity index (χ0v) is 23.5. The summed E-state index contributed by atoms with van der Waals surface area (Å²) in [5.41, 5.74) is 3.92. The van der Waals surface area contributed by atoms with Gasteiger partial charge in [0.2, 0.25) is 0 Å². The lowest BCUT2D eigenvalue weighted by atomic mass is 10.1. The monoisotopic (exact) mass is 540 g/mol. The second kappa shape index (κ2) is 11.3. The van der Waals surface area contributed by atoms with E-state index in [9.17, 15) is 9.36 Å². The summed E-state index contributed by atoms with van der Waals surface area (Å²) in [4.78, 5) is 18.9. The van der Waals surface area contributed by atoms with Gasteiger partial charge in [0, 0.05) is 16.0 Å². The van der Waals surface area contributed by atoms with Gasteiger partial charge in [-0.15, -0.1) is 11.3 Å². The number of benzene rings is 2. The first-order valence-corrected chi connectivity index (χ1v) is 14.8. The molecular formula is C28H33N2O5PS. The van der Waals surface area contributed by atoms with Gasteiger partial charge in [-0.25, -0.2) is 4.79 Å². The van der Waals surface area contributed by atoms with Crippen molar-refractivity contribution in [3.8, 4) is 11.1 Å². The van der Waals surface area contributed by atoms with E-state index < -0.39 is 31.1 Å². The van der Waals surface area contributed by atoms with Crippen LogP contribution in [0.2, 0.25) is 0 Å². The molecular weight excluding hydrogens is 507 g/mol. The Hall–Kier alpha value is -2.77. The number of fused-ring (bicyclic) bond motifs is 3. The van der Waals surface area contributed by atoms with E-state index in [1.54, 1.807) is 34.6 Å². The van der Waals surface area contributed by atoms with Crippen LogP contribution < -0.4 is 5.32 Å². The van der Waals surface area contributed by atoms with Crippen molar-refractivity contribution >= 4 is 30.7 Å². The molecule has 1 aliphatic rings. The van der Waals surface area contributed by atoms with E-state index in [2.05, 4.69) is 5.32 Å². The molecule has 0 saturated carbocycles. The third-order valence-corrected chi connectivity index (χ3v) is 8.93. The summed E-state index contributed by atoms with van der Waals surface area (Å²) < 4.78 is 31.6. The second-order valence-electron chi connectivity index (χ2n) is 9.50. The van der Waals surface area contributed by atoms with Gasteiger partial charge in [-0.05, 0) is 57.2 Å². The fourth-order valence-electron chi connectivity index (χ4n) is 4.34. The molecule has 0 saturated heterocycles. The van der Waals surface area contributed by atoms with Crippen LogP contribution in [0.15, 0.2) is 71.0 Å². The number of carbonyl (C=O) groups is 1. The predicted molar refractivity (Wildman–Crippen MR) is 149 cm³/mol. The van der Waals surface area contributed by atoms with Gasteiger partial charge in [0.1, 0.15) is 11.6 Å². The summed E-state index contributed by atoms with van der Waals surface area (Å²) >= 11 is 1.43. The van der Waals surface area contributed by atoms with Gasteiger partial charge < -0.3 is 19.1 Å². The maximum Gasteiger partial charge on any atom is 0.408 e. The van der Waals surface area contributed by atoms with Crippen LogP contribution in [0.25, 0.3) is 11.1 Å². The summed E-state index contributed by atoms with van der Waals surface area (Å²) in [6.07, 6.45) is -0.636. The molecule has 1 amide bonds. The zero-order valence-electron chi connectivity index (χ0n) is 21.8. The molecule has 0 radical (unpaired) electrons. The first-order chi connectivity index (χ1) is 17.7. The molecule has 4 rings (SSSR count). The summed E-state index contributed by atoms with van der Waals surface area (Å²) in [5, 5.41) is 4.83. The van der Waals surface area contributed by atoms with Gasteiger partial charge in [0.15, 0.2) is 5.78 Å². The SMILES string of the molecule is CCOP(=O)(OCC)[C@@H](N=C1c2ccccc2-c2ccccc21)[C@H](NC(=O)OC(C)(C)C)c1cccs1. The third-order valence-electron chi connectivity index (χ3n) is 5.68. The van der Waals surface area contributed by atoms with Crippen molar-refractivity contribution in [2.24, 2.45) is 4.99 Å². The molecule has 0 fully saturated rings. The van der Waals surface area contributed by atoms with Crippen molar-refractivity contribution < 1.29 is 23.1 Å². The van der Waals surface area contributed by atoms with Crippen LogP contribution in [-0.4, -0.2) is 36.4 Å². The number of hydrogen-bond donors (Lipinski definition) is 1. The fraction of sp³-hybridized carbons (Fsp3) is 0.357. The number of nitrogens with zero attached hydrogens (tertiary/aromatic N) is 1. The number of nitrogens with one attached hydrogen (secondary N) is 1. The van der Waals surface area contributed by atoms with E-state index in [0.717, 1.165) is 27.1 Å². The maximum atomic E-state index is 14.4. The van der Waals surface area contributed by atoms with Gasteiger partial charge >= 0.3 is 13.7 Å². The van der Waals surface area contributed by atoms with Crippen molar-refractivity contribution in [2.75, 3.05) is 13.2 Å². The average Bonchev–Trinajstić information content (AvgIpc) is 3.48. The van der Waals surface area contributed by atoms with E-state index in [4.69, 9.17) is 18.8 Å².